The fourth-order valence-corrected chi connectivity index (χ4v) is 3.52. The minimum Gasteiger partial charge on any atom is -0.480 e. The highest BCUT2D eigenvalue weighted by atomic mass is 32.2. The number of aliphatic carboxylic acids is 1. The lowest BCUT2D eigenvalue weighted by Gasteiger charge is -2.23. The summed E-state index contributed by atoms with van der Waals surface area (Å²) in [4.78, 5) is 13.1. The molecule has 19 heavy (non-hydrogen) atoms. The maximum Gasteiger partial charge on any atom is 0.320 e. The largest absolute Gasteiger partial charge is 0.480 e. The third-order valence-corrected chi connectivity index (χ3v) is 4.93. The molecule has 0 spiro atoms. The Balaban J connectivity index is 2.43. The molecule has 1 unspecified atom stereocenters. The van der Waals surface area contributed by atoms with Gasteiger partial charge in [-0.25, -0.2) is 8.42 Å². The van der Waals surface area contributed by atoms with Gasteiger partial charge in [-0.05, 0) is 19.4 Å². The molecule has 1 rings (SSSR count). The van der Waals surface area contributed by atoms with Crippen molar-refractivity contribution in [2.75, 3.05) is 31.1 Å². The van der Waals surface area contributed by atoms with Gasteiger partial charge in [0.2, 0.25) is 0 Å². The number of carbonyl (C=O) groups is 1. The van der Waals surface area contributed by atoms with E-state index >= 15 is 0 Å². The van der Waals surface area contributed by atoms with Crippen molar-refractivity contribution in [2.45, 2.75) is 38.8 Å². The summed E-state index contributed by atoms with van der Waals surface area (Å²) in [5.74, 6) is -0.422. The van der Waals surface area contributed by atoms with Gasteiger partial charge in [0, 0.05) is 19.1 Å². The molecule has 0 amide bonds. The molecular weight excluding hydrogens is 268 g/mol. The number of rotatable bonds is 6. The first kappa shape index (κ1) is 16.4. The van der Waals surface area contributed by atoms with Crippen LogP contribution in [0.15, 0.2) is 0 Å². The molecule has 6 nitrogen and oxygen atoms in total. The predicted octanol–water partition coefficient (Wildman–Crippen LogP) is -0.0518. The van der Waals surface area contributed by atoms with Crippen molar-refractivity contribution in [3.8, 4) is 0 Å². The van der Waals surface area contributed by atoms with Crippen LogP contribution in [0.4, 0.5) is 0 Å². The standard InChI is InChI=1S/C12H24N2O4S/c1-10(2)13-11(12(15)16)4-6-14-5-3-8-19(17,18)9-7-14/h10-11,13H,3-9H2,1-2H3,(H,15,16). The van der Waals surface area contributed by atoms with Crippen LogP contribution in [0.1, 0.15) is 26.7 Å². The van der Waals surface area contributed by atoms with Gasteiger partial charge in [-0.3, -0.25) is 4.79 Å². The smallest absolute Gasteiger partial charge is 0.320 e. The normalized spacial score (nSPS) is 22.1. The van der Waals surface area contributed by atoms with Crippen LogP contribution in [0.5, 0.6) is 0 Å². The second kappa shape index (κ2) is 7.21. The van der Waals surface area contributed by atoms with Crippen LogP contribution in [0.2, 0.25) is 0 Å². The first-order chi connectivity index (χ1) is 8.80. The van der Waals surface area contributed by atoms with Crippen molar-refractivity contribution in [1.82, 2.24) is 10.2 Å². The van der Waals surface area contributed by atoms with E-state index in [-0.39, 0.29) is 17.5 Å². The van der Waals surface area contributed by atoms with Gasteiger partial charge in [-0.1, -0.05) is 13.8 Å². The van der Waals surface area contributed by atoms with Gasteiger partial charge in [0.1, 0.15) is 6.04 Å². The van der Waals surface area contributed by atoms with Crippen molar-refractivity contribution < 1.29 is 18.3 Å². The van der Waals surface area contributed by atoms with Crippen LogP contribution in [-0.4, -0.2) is 67.6 Å². The van der Waals surface area contributed by atoms with Crippen molar-refractivity contribution in [1.29, 1.82) is 0 Å². The molecule has 2 N–H and O–H groups in total. The molecular formula is C12H24N2O4S. The zero-order valence-electron chi connectivity index (χ0n) is 11.6. The molecule has 0 saturated carbocycles. The lowest BCUT2D eigenvalue weighted by molar-refractivity contribution is -0.139. The fourth-order valence-electron chi connectivity index (χ4n) is 2.21. The summed E-state index contributed by atoms with van der Waals surface area (Å²) in [5, 5.41) is 12.1. The number of nitrogens with zero attached hydrogens (tertiary/aromatic N) is 1. The summed E-state index contributed by atoms with van der Waals surface area (Å²) in [6.07, 6.45) is 1.13. The first-order valence-electron chi connectivity index (χ1n) is 6.72. The molecule has 0 bridgehead atoms. The van der Waals surface area contributed by atoms with Gasteiger partial charge < -0.3 is 15.3 Å². The molecule has 1 aliphatic rings. The molecule has 1 saturated heterocycles. The Bertz CT molecular complexity index is 395. The SMILES string of the molecule is CC(C)NC(CCN1CCCS(=O)(=O)CC1)C(=O)O. The van der Waals surface area contributed by atoms with Crippen LogP contribution in [0, 0.1) is 0 Å². The highest BCUT2D eigenvalue weighted by Gasteiger charge is 2.22. The predicted molar refractivity (Wildman–Crippen MR) is 74.0 cm³/mol. The monoisotopic (exact) mass is 292 g/mol. The molecule has 0 aliphatic carbocycles. The number of nitrogens with one attached hydrogen (secondary N) is 1. The Morgan fingerprint density at radius 2 is 2.00 bits per heavy atom. The lowest BCUT2D eigenvalue weighted by Crippen LogP contribution is -2.43. The molecule has 1 heterocycles. The number of hydrogen-bond donors (Lipinski definition) is 2. The quantitative estimate of drug-likeness (QED) is 0.714. The average Bonchev–Trinajstić information content (AvgIpc) is 2.45. The summed E-state index contributed by atoms with van der Waals surface area (Å²) in [7, 11) is -2.90. The zero-order chi connectivity index (χ0) is 14.5. The molecule has 0 aromatic heterocycles. The summed E-state index contributed by atoms with van der Waals surface area (Å²) in [5.41, 5.74) is 0. The first-order valence-corrected chi connectivity index (χ1v) is 8.54. The van der Waals surface area contributed by atoms with Gasteiger partial charge in [0.05, 0.1) is 11.5 Å². The van der Waals surface area contributed by atoms with E-state index in [0.717, 1.165) is 6.54 Å². The molecule has 0 aromatic carbocycles. The minimum absolute atomic E-state index is 0.116. The van der Waals surface area contributed by atoms with Gasteiger partial charge in [0.15, 0.2) is 9.84 Å². The summed E-state index contributed by atoms with van der Waals surface area (Å²) >= 11 is 0. The van der Waals surface area contributed by atoms with Crippen LogP contribution >= 0.6 is 0 Å². The van der Waals surface area contributed by atoms with E-state index in [1.807, 2.05) is 18.7 Å². The maximum atomic E-state index is 11.5. The van der Waals surface area contributed by atoms with Gasteiger partial charge in [-0.2, -0.15) is 0 Å². The Morgan fingerprint density at radius 1 is 1.32 bits per heavy atom. The topological polar surface area (TPSA) is 86.7 Å². The van der Waals surface area contributed by atoms with E-state index in [9.17, 15) is 13.2 Å². The molecule has 1 fully saturated rings. The Kier molecular flexibility index (Phi) is 6.22. The van der Waals surface area contributed by atoms with Crippen LogP contribution in [0.25, 0.3) is 0 Å². The number of sulfone groups is 1. The Morgan fingerprint density at radius 3 is 2.58 bits per heavy atom. The van der Waals surface area contributed by atoms with Crippen molar-refractivity contribution in [3.63, 3.8) is 0 Å². The van der Waals surface area contributed by atoms with Crippen molar-refractivity contribution in [3.05, 3.63) is 0 Å². The number of carboxylic acid groups (broad SMARTS) is 1. The summed E-state index contributed by atoms with van der Waals surface area (Å²) in [6.45, 7) is 5.68. The van der Waals surface area contributed by atoms with Crippen LogP contribution in [-0.2, 0) is 14.6 Å². The second-order valence-corrected chi connectivity index (χ2v) is 7.65. The van der Waals surface area contributed by atoms with E-state index in [2.05, 4.69) is 5.32 Å². The van der Waals surface area contributed by atoms with Gasteiger partial charge >= 0.3 is 5.97 Å². The number of hydrogen-bond acceptors (Lipinski definition) is 5. The number of carboxylic acids is 1. The maximum absolute atomic E-state index is 11.5. The van der Waals surface area contributed by atoms with Crippen molar-refractivity contribution in [2.24, 2.45) is 0 Å². The molecule has 0 radical (unpaired) electrons. The van der Waals surface area contributed by atoms with Gasteiger partial charge in [0.25, 0.3) is 0 Å². The Hall–Kier alpha value is -0.660. The lowest BCUT2D eigenvalue weighted by atomic mass is 10.1. The Labute approximate surface area is 115 Å². The van der Waals surface area contributed by atoms with E-state index in [4.69, 9.17) is 5.11 Å². The average molecular weight is 292 g/mol. The summed E-state index contributed by atoms with van der Waals surface area (Å²) < 4.78 is 22.9. The zero-order valence-corrected chi connectivity index (χ0v) is 12.4. The third-order valence-electron chi connectivity index (χ3n) is 3.21. The summed E-state index contributed by atoms with van der Waals surface area (Å²) in [6, 6.07) is -0.453. The van der Waals surface area contributed by atoms with E-state index < -0.39 is 21.8 Å². The van der Waals surface area contributed by atoms with Gasteiger partial charge in [-0.15, -0.1) is 0 Å². The highest BCUT2D eigenvalue weighted by molar-refractivity contribution is 7.91. The van der Waals surface area contributed by atoms with E-state index in [1.54, 1.807) is 0 Å². The fraction of sp³-hybridized carbons (Fsp3) is 0.917. The molecule has 7 heteroatoms. The minimum atomic E-state index is -2.90. The molecule has 1 atom stereocenters. The molecule has 112 valence electrons. The van der Waals surface area contributed by atoms with E-state index in [1.165, 1.54) is 0 Å². The van der Waals surface area contributed by atoms with Crippen molar-refractivity contribution >= 4 is 15.8 Å². The molecule has 1 aliphatic heterocycles. The van der Waals surface area contributed by atoms with E-state index in [0.29, 0.717) is 25.9 Å². The van der Waals surface area contributed by atoms with Crippen LogP contribution < -0.4 is 5.32 Å². The third kappa shape index (κ3) is 6.35. The van der Waals surface area contributed by atoms with Crippen LogP contribution in [0.3, 0.4) is 0 Å². The second-order valence-electron chi connectivity index (χ2n) is 5.35. The molecule has 0 aromatic rings. The highest BCUT2D eigenvalue weighted by Crippen LogP contribution is 2.07.